The van der Waals surface area contributed by atoms with E-state index in [1.807, 2.05) is 0 Å². The summed E-state index contributed by atoms with van der Waals surface area (Å²) in [5, 5.41) is 2.44. The molecule has 0 atom stereocenters. The van der Waals surface area contributed by atoms with Crippen LogP contribution in [0.2, 0.25) is 0 Å². The quantitative estimate of drug-likeness (QED) is 0.133. The van der Waals surface area contributed by atoms with Crippen molar-refractivity contribution in [3.8, 4) is 72.4 Å². The molecule has 1 heterocycles. The van der Waals surface area contributed by atoms with Crippen LogP contribution in [-0.2, 0) is 0 Å². The second kappa shape index (κ2) is 17.8. The Balaban J connectivity index is 1.03. The van der Waals surface area contributed by atoms with Gasteiger partial charge in [-0.1, -0.05) is 212 Å². The first-order valence-corrected chi connectivity index (χ1v) is 23.3. The molecule has 0 fully saturated rings. The van der Waals surface area contributed by atoms with Crippen LogP contribution < -0.4 is 4.90 Å². The summed E-state index contributed by atoms with van der Waals surface area (Å²) in [5.74, 6) is 0. The molecule has 68 heavy (non-hydrogen) atoms. The molecule has 11 aromatic carbocycles. The van der Waals surface area contributed by atoms with Crippen LogP contribution in [0, 0.1) is 0 Å². The van der Waals surface area contributed by atoms with Crippen molar-refractivity contribution in [1.82, 2.24) is 4.57 Å². The highest BCUT2D eigenvalue weighted by molar-refractivity contribution is 6.17. The van der Waals surface area contributed by atoms with Crippen molar-refractivity contribution in [2.45, 2.75) is 0 Å². The highest BCUT2D eigenvalue weighted by Crippen LogP contribution is 2.45. The van der Waals surface area contributed by atoms with Crippen LogP contribution in [0.4, 0.5) is 17.1 Å². The number of hydrogen-bond donors (Lipinski definition) is 0. The van der Waals surface area contributed by atoms with E-state index < -0.39 is 0 Å². The van der Waals surface area contributed by atoms with Gasteiger partial charge in [0.05, 0.1) is 11.0 Å². The van der Waals surface area contributed by atoms with Crippen LogP contribution in [-0.4, -0.2) is 4.57 Å². The first-order chi connectivity index (χ1) is 33.7. The summed E-state index contributed by atoms with van der Waals surface area (Å²) >= 11 is 0. The number of rotatable bonds is 10. The zero-order valence-electron chi connectivity index (χ0n) is 37.5. The molecule has 320 valence electrons. The second-order valence-electron chi connectivity index (χ2n) is 17.3. The molecule has 0 radical (unpaired) electrons. The molecule has 0 aliphatic heterocycles. The number of benzene rings is 11. The Hall–Kier alpha value is -8.98. The summed E-state index contributed by atoms with van der Waals surface area (Å²) in [7, 11) is 0. The van der Waals surface area contributed by atoms with E-state index in [0.29, 0.717) is 0 Å². The van der Waals surface area contributed by atoms with Crippen LogP contribution in [0.15, 0.2) is 279 Å². The van der Waals surface area contributed by atoms with Gasteiger partial charge in [0.1, 0.15) is 0 Å². The van der Waals surface area contributed by atoms with Crippen molar-refractivity contribution in [1.29, 1.82) is 0 Å². The second-order valence-corrected chi connectivity index (χ2v) is 17.3. The van der Waals surface area contributed by atoms with Crippen molar-refractivity contribution in [3.05, 3.63) is 279 Å². The molecule has 12 rings (SSSR count). The molecule has 2 heteroatoms. The zero-order chi connectivity index (χ0) is 45.2. The molecular weight excluding hydrogens is 821 g/mol. The Kier molecular flexibility index (Phi) is 10.6. The minimum Gasteiger partial charge on any atom is -0.310 e. The highest BCUT2D eigenvalue weighted by atomic mass is 15.1. The van der Waals surface area contributed by atoms with E-state index in [1.54, 1.807) is 0 Å². The maximum absolute atomic E-state index is 2.45. The normalized spacial score (nSPS) is 11.2. The maximum Gasteiger partial charge on any atom is 0.0553 e. The molecule has 0 bridgehead atoms. The third-order valence-electron chi connectivity index (χ3n) is 13.2. The monoisotopic (exact) mass is 866 g/mol. The third-order valence-corrected chi connectivity index (χ3v) is 13.2. The van der Waals surface area contributed by atoms with Gasteiger partial charge in [0, 0.05) is 33.5 Å². The van der Waals surface area contributed by atoms with Crippen molar-refractivity contribution in [2.75, 3.05) is 4.90 Å². The van der Waals surface area contributed by atoms with E-state index in [2.05, 4.69) is 289 Å². The van der Waals surface area contributed by atoms with Crippen molar-refractivity contribution >= 4 is 38.9 Å². The van der Waals surface area contributed by atoms with Crippen LogP contribution in [0.1, 0.15) is 0 Å². The molecule has 12 aromatic rings. The fourth-order valence-corrected chi connectivity index (χ4v) is 9.82. The summed E-state index contributed by atoms with van der Waals surface area (Å²) in [6.45, 7) is 0. The smallest absolute Gasteiger partial charge is 0.0553 e. The summed E-state index contributed by atoms with van der Waals surface area (Å²) < 4.78 is 2.45. The minimum atomic E-state index is 1.08. The molecule has 0 saturated heterocycles. The van der Waals surface area contributed by atoms with E-state index in [4.69, 9.17) is 0 Å². The van der Waals surface area contributed by atoms with E-state index in [9.17, 15) is 0 Å². The Morgan fingerprint density at radius 1 is 0.235 bits per heavy atom. The van der Waals surface area contributed by atoms with Crippen molar-refractivity contribution in [2.24, 2.45) is 0 Å². The molecule has 0 amide bonds. The van der Waals surface area contributed by atoms with Gasteiger partial charge in [-0.05, 0) is 133 Å². The highest BCUT2D eigenvalue weighted by Gasteiger charge is 2.21. The number of para-hydroxylation sites is 1. The van der Waals surface area contributed by atoms with Crippen LogP contribution in [0.25, 0.3) is 94.3 Å². The fourth-order valence-electron chi connectivity index (χ4n) is 9.82. The lowest BCUT2D eigenvalue weighted by Gasteiger charge is -2.26. The van der Waals surface area contributed by atoms with Crippen molar-refractivity contribution < 1.29 is 0 Å². The lowest BCUT2D eigenvalue weighted by molar-refractivity contribution is 1.18. The molecule has 0 aliphatic carbocycles. The molecule has 1 aromatic heterocycles. The Morgan fingerprint density at radius 3 is 1.12 bits per heavy atom. The molecule has 2 nitrogen and oxygen atoms in total. The van der Waals surface area contributed by atoms with E-state index >= 15 is 0 Å². The van der Waals surface area contributed by atoms with Crippen LogP contribution in [0.5, 0.6) is 0 Å². The zero-order valence-corrected chi connectivity index (χ0v) is 37.5. The Labute approximate surface area is 397 Å². The lowest BCUT2D eigenvalue weighted by Crippen LogP contribution is -2.10. The molecule has 0 N–H and O–H groups in total. The number of anilines is 3. The van der Waals surface area contributed by atoms with Crippen LogP contribution in [0.3, 0.4) is 0 Å². The first kappa shape index (κ1) is 40.5. The summed E-state index contributed by atoms with van der Waals surface area (Å²) in [6.07, 6.45) is 0. The topological polar surface area (TPSA) is 8.17 Å². The average molecular weight is 867 g/mol. The van der Waals surface area contributed by atoms with E-state index in [1.165, 1.54) is 83.0 Å². The molecule has 0 unspecified atom stereocenters. The van der Waals surface area contributed by atoms with Gasteiger partial charge >= 0.3 is 0 Å². The van der Waals surface area contributed by atoms with E-state index in [-0.39, 0.29) is 0 Å². The molecule has 0 aliphatic rings. The van der Waals surface area contributed by atoms with E-state index in [0.717, 1.165) is 28.3 Å². The van der Waals surface area contributed by atoms with Gasteiger partial charge in [0.15, 0.2) is 0 Å². The SMILES string of the molecule is c1ccc(-c2ccc(-c3ccc(N(c4ccc(-c5ccccc5)cc4)c4cccc(-c5cc(-c6ccccc6)cc6c5c5ccc(-c7ccccc7)cc5n6-c5ccccc5)c4)cc3)cc2)cc1. The van der Waals surface area contributed by atoms with Gasteiger partial charge in [0.2, 0.25) is 0 Å². The van der Waals surface area contributed by atoms with Gasteiger partial charge in [-0.25, -0.2) is 0 Å². The summed E-state index contributed by atoms with van der Waals surface area (Å²) in [6, 6.07) is 101. The lowest BCUT2D eigenvalue weighted by atomic mass is 9.93. The largest absolute Gasteiger partial charge is 0.310 e. The average Bonchev–Trinajstić information content (AvgIpc) is 3.76. The number of nitrogens with zero attached hydrogens (tertiary/aromatic N) is 2. The summed E-state index contributed by atoms with van der Waals surface area (Å²) in [4.78, 5) is 2.39. The maximum atomic E-state index is 2.45. The van der Waals surface area contributed by atoms with Gasteiger partial charge in [-0.3, -0.25) is 0 Å². The van der Waals surface area contributed by atoms with Crippen LogP contribution >= 0.6 is 0 Å². The van der Waals surface area contributed by atoms with Gasteiger partial charge in [-0.2, -0.15) is 0 Å². The Bertz CT molecular complexity index is 3660. The fraction of sp³-hybridized carbons (Fsp3) is 0. The van der Waals surface area contributed by atoms with Gasteiger partial charge in [0.25, 0.3) is 0 Å². The summed E-state index contributed by atoms with van der Waals surface area (Å²) in [5.41, 5.74) is 20.9. The predicted octanol–water partition coefficient (Wildman–Crippen LogP) is 18.3. The predicted molar refractivity (Wildman–Crippen MR) is 288 cm³/mol. The standard InChI is InChI=1S/C66H46N2/c1-6-17-47(18-7-1)51-29-31-52(32-30-51)54-35-40-60(41-36-54)67(59-38-33-53(34-39-59)48-19-8-2-9-20-48)61-28-16-25-56(43-61)63-44-57(50-23-12-4-13-24-50)46-65-66(63)62-42-37-55(49-21-10-3-11-22-49)45-64(62)68(65)58-26-14-5-15-27-58/h1-46H. The molecule has 0 spiro atoms. The molecule has 0 saturated carbocycles. The van der Waals surface area contributed by atoms with Crippen molar-refractivity contribution in [3.63, 3.8) is 0 Å². The third kappa shape index (κ3) is 7.74. The number of fused-ring (bicyclic) bond motifs is 3. The van der Waals surface area contributed by atoms with Gasteiger partial charge in [-0.15, -0.1) is 0 Å². The number of hydrogen-bond acceptors (Lipinski definition) is 1. The Morgan fingerprint density at radius 2 is 0.618 bits per heavy atom. The van der Waals surface area contributed by atoms with Gasteiger partial charge < -0.3 is 9.47 Å². The first-order valence-electron chi connectivity index (χ1n) is 23.3. The minimum absolute atomic E-state index is 1.08. The molecular formula is C66H46N2. The number of aromatic nitrogens is 1.